The van der Waals surface area contributed by atoms with Crippen molar-refractivity contribution in [2.24, 2.45) is 0 Å². The summed E-state index contributed by atoms with van der Waals surface area (Å²) in [6.45, 7) is 0.0894. The first kappa shape index (κ1) is 23.0. The number of ether oxygens (including phenoxy) is 1. The van der Waals surface area contributed by atoms with Crippen molar-refractivity contribution >= 4 is 55.0 Å². The van der Waals surface area contributed by atoms with E-state index < -0.39 is 36.6 Å². The molecule has 1 aliphatic rings. The molecule has 1 unspecified atom stereocenters. The summed E-state index contributed by atoms with van der Waals surface area (Å²) in [5, 5.41) is 33.8. The average Bonchev–Trinajstić information content (AvgIpc) is 3.18. The number of hydrogen-bond donors (Lipinski definition) is 5. The van der Waals surface area contributed by atoms with Gasteiger partial charge in [-0.05, 0) is 0 Å². The number of imidazole rings is 1. The molecular formula is C15H22N6O5Se2. The molecule has 0 aliphatic carbocycles. The molecule has 0 saturated carbocycles. The van der Waals surface area contributed by atoms with E-state index in [0.717, 1.165) is 5.32 Å². The number of fused-ring (bicyclic) bond motifs is 1. The van der Waals surface area contributed by atoms with E-state index in [2.05, 4.69) is 20.3 Å². The van der Waals surface area contributed by atoms with Gasteiger partial charge in [-0.25, -0.2) is 4.98 Å². The molecule has 3 heterocycles. The smallest absolute Gasteiger partial charge is 0 e. The fraction of sp³-hybridized carbons (Fsp3) is 0.600. The number of anilines is 1. The van der Waals surface area contributed by atoms with Gasteiger partial charge in [-0.3, -0.25) is 0 Å². The Kier molecular flexibility index (Phi) is 8.16. The molecule has 0 amide bonds. The van der Waals surface area contributed by atoms with Crippen LogP contribution in [-0.2, 0) is 9.53 Å². The molecule has 1 aliphatic heterocycles. The zero-order chi connectivity index (χ0) is 19.6. The number of aliphatic hydroxyl groups is 2. The van der Waals surface area contributed by atoms with E-state index in [4.69, 9.17) is 10.5 Å². The summed E-state index contributed by atoms with van der Waals surface area (Å²) in [4.78, 5) is 23.4. The number of nitrogens with one attached hydrogen (secondary N) is 1. The second-order valence-electron chi connectivity index (χ2n) is 6.21. The first-order chi connectivity index (χ1) is 12.9. The zero-order valence-corrected chi connectivity index (χ0v) is 18.4. The maximum atomic E-state index is 11.3. The topological polar surface area (TPSA) is 169 Å². The number of rotatable bonds is 8. The molecule has 13 heteroatoms. The SMILES string of the molecule is C[Se]CCC(NC[C@H]1O[C@@H](n2cnc3c(N)ncnc32)[C@H](O)[C@@H]1O)C(=O)O.[Se]. The van der Waals surface area contributed by atoms with Crippen molar-refractivity contribution in [2.75, 3.05) is 12.3 Å². The summed E-state index contributed by atoms with van der Waals surface area (Å²) in [6, 6.07) is -0.722. The van der Waals surface area contributed by atoms with Crippen molar-refractivity contribution in [3.05, 3.63) is 12.7 Å². The molecule has 5 atom stereocenters. The third kappa shape index (κ3) is 4.64. The summed E-state index contributed by atoms with van der Waals surface area (Å²) in [5.74, 6) is 1.30. The van der Waals surface area contributed by atoms with Crippen LogP contribution in [-0.4, -0.2) is 104 Å². The minimum Gasteiger partial charge on any atom is 0 e. The summed E-state index contributed by atoms with van der Waals surface area (Å²) in [7, 11) is 0. The number of hydrogen-bond acceptors (Lipinski definition) is 9. The average molecular weight is 524 g/mol. The predicted molar refractivity (Wildman–Crippen MR) is 102 cm³/mol. The van der Waals surface area contributed by atoms with Gasteiger partial charge in [-0.2, -0.15) is 0 Å². The normalized spacial score (nSPS) is 25.5. The van der Waals surface area contributed by atoms with Gasteiger partial charge in [0, 0.05) is 17.1 Å². The van der Waals surface area contributed by atoms with Crippen molar-refractivity contribution in [1.29, 1.82) is 0 Å². The van der Waals surface area contributed by atoms with E-state index in [-0.39, 0.29) is 29.4 Å². The molecule has 0 spiro atoms. The monoisotopic (exact) mass is 526 g/mol. The second kappa shape index (κ2) is 9.95. The van der Waals surface area contributed by atoms with Gasteiger partial charge in [0.25, 0.3) is 0 Å². The molecule has 2 aromatic heterocycles. The Morgan fingerprint density at radius 2 is 2.14 bits per heavy atom. The third-order valence-corrected chi connectivity index (χ3v) is 5.82. The number of nitrogen functional groups attached to an aromatic ring is 1. The van der Waals surface area contributed by atoms with Gasteiger partial charge in [0.2, 0.25) is 0 Å². The molecule has 1 saturated heterocycles. The van der Waals surface area contributed by atoms with Crippen LogP contribution in [0.1, 0.15) is 12.6 Å². The van der Waals surface area contributed by atoms with Crippen LogP contribution in [0.4, 0.5) is 5.82 Å². The Bertz CT molecular complexity index is 808. The van der Waals surface area contributed by atoms with Gasteiger partial charge >= 0.3 is 150 Å². The van der Waals surface area contributed by atoms with E-state index in [0.29, 0.717) is 32.5 Å². The zero-order valence-electron chi connectivity index (χ0n) is 15.0. The maximum Gasteiger partial charge on any atom is 0 e. The van der Waals surface area contributed by atoms with Crippen LogP contribution in [0.2, 0.25) is 11.1 Å². The molecule has 0 bridgehead atoms. The molecule has 28 heavy (non-hydrogen) atoms. The Morgan fingerprint density at radius 3 is 2.82 bits per heavy atom. The Hall–Kier alpha value is -1.30. The molecule has 3 rings (SSSR count). The first-order valence-electron chi connectivity index (χ1n) is 8.33. The summed E-state index contributed by atoms with van der Waals surface area (Å²) in [6.07, 6.45) is -0.932. The molecule has 0 aromatic carbocycles. The molecule has 2 radical (unpaired) electrons. The van der Waals surface area contributed by atoms with Crippen LogP contribution in [0.25, 0.3) is 11.2 Å². The van der Waals surface area contributed by atoms with Gasteiger partial charge in [0.05, 0.1) is 0 Å². The van der Waals surface area contributed by atoms with Crippen LogP contribution < -0.4 is 11.1 Å². The predicted octanol–water partition coefficient (Wildman–Crippen LogP) is -1.75. The van der Waals surface area contributed by atoms with Crippen LogP contribution in [0.5, 0.6) is 0 Å². The quantitative estimate of drug-likeness (QED) is 0.250. The van der Waals surface area contributed by atoms with Gasteiger partial charge in [0.1, 0.15) is 0 Å². The molecule has 6 N–H and O–H groups in total. The van der Waals surface area contributed by atoms with Crippen molar-refractivity contribution in [3.63, 3.8) is 0 Å². The van der Waals surface area contributed by atoms with E-state index in [1.54, 1.807) is 0 Å². The number of carbonyl (C=O) groups is 1. The Morgan fingerprint density at radius 1 is 1.39 bits per heavy atom. The third-order valence-electron chi connectivity index (χ3n) is 4.47. The van der Waals surface area contributed by atoms with Crippen LogP contribution >= 0.6 is 0 Å². The molecule has 1 fully saturated rings. The number of aliphatic carboxylic acids is 1. The molecular weight excluding hydrogens is 502 g/mol. The molecule has 2 aromatic rings. The number of carboxylic acids is 1. The fourth-order valence-corrected chi connectivity index (χ4v) is 3.98. The maximum absolute atomic E-state index is 11.3. The van der Waals surface area contributed by atoms with Crippen molar-refractivity contribution in [3.8, 4) is 0 Å². The minimum absolute atomic E-state index is 0. The van der Waals surface area contributed by atoms with E-state index in [1.807, 2.05) is 5.82 Å². The van der Waals surface area contributed by atoms with Gasteiger partial charge < -0.3 is 5.73 Å². The molecule has 11 nitrogen and oxygen atoms in total. The first-order valence-corrected chi connectivity index (χ1v) is 11.3. The van der Waals surface area contributed by atoms with E-state index >= 15 is 0 Å². The Labute approximate surface area is 177 Å². The largest absolute Gasteiger partial charge is 0 e. The van der Waals surface area contributed by atoms with E-state index in [9.17, 15) is 20.1 Å². The number of nitrogens with two attached hydrogens (primary N) is 1. The number of nitrogens with zero attached hydrogens (tertiary/aromatic N) is 4. The number of aliphatic hydroxyl groups excluding tert-OH is 2. The minimum atomic E-state index is -1.23. The van der Waals surface area contributed by atoms with Crippen LogP contribution in [0.15, 0.2) is 12.7 Å². The summed E-state index contributed by atoms with van der Waals surface area (Å²) < 4.78 is 7.26. The summed E-state index contributed by atoms with van der Waals surface area (Å²) in [5.41, 5.74) is 6.51. The number of carboxylic acid groups (broad SMARTS) is 1. The Balaban J connectivity index is 0.00000280. The van der Waals surface area contributed by atoms with Gasteiger partial charge in [0.15, 0.2) is 0 Å². The number of aromatic nitrogens is 4. The second-order valence-corrected chi connectivity index (χ2v) is 8.28. The van der Waals surface area contributed by atoms with Crippen molar-refractivity contribution < 1.29 is 24.9 Å². The van der Waals surface area contributed by atoms with Crippen LogP contribution in [0, 0.1) is 0 Å². The standard InChI is InChI=1S/C15H22N6O5Se.Se/c1-27-3-2-7(15(24)25)17-4-8-10(22)11(23)14(26-8)21-6-20-9-12(16)18-5-19-13(9)21;/h5-8,10-11,14,17,22-23H,2-4H2,1H3,(H,24,25)(H2,16,18,19);/t7?,8-,10-,11-,14-;/m1./s1. The van der Waals surface area contributed by atoms with Crippen molar-refractivity contribution in [2.45, 2.75) is 48.1 Å². The molecule has 154 valence electrons. The van der Waals surface area contributed by atoms with Gasteiger partial charge in [-0.15, -0.1) is 0 Å². The van der Waals surface area contributed by atoms with Crippen molar-refractivity contribution in [1.82, 2.24) is 24.8 Å². The summed E-state index contributed by atoms with van der Waals surface area (Å²) >= 11 is 0.381. The fourth-order valence-electron chi connectivity index (χ4n) is 2.99. The van der Waals surface area contributed by atoms with E-state index in [1.165, 1.54) is 17.2 Å². The van der Waals surface area contributed by atoms with Gasteiger partial charge in [-0.1, -0.05) is 0 Å². The van der Waals surface area contributed by atoms with Crippen LogP contribution in [0.3, 0.4) is 0 Å².